The van der Waals surface area contributed by atoms with Gasteiger partial charge in [-0.3, -0.25) is 4.79 Å². The lowest BCUT2D eigenvalue weighted by atomic mass is 10.1. The van der Waals surface area contributed by atoms with E-state index in [1.807, 2.05) is 0 Å². The van der Waals surface area contributed by atoms with E-state index in [9.17, 15) is 18.0 Å². The molecule has 1 fully saturated rings. The van der Waals surface area contributed by atoms with Crippen LogP contribution >= 0.6 is 11.8 Å². The van der Waals surface area contributed by atoms with Gasteiger partial charge in [0, 0.05) is 22.8 Å². The quantitative estimate of drug-likeness (QED) is 0.937. The van der Waals surface area contributed by atoms with Gasteiger partial charge in [0.2, 0.25) is 11.7 Å². The molecule has 1 aromatic carbocycles. The topological polar surface area (TPSA) is 68.0 Å². The van der Waals surface area contributed by atoms with Crippen LogP contribution in [0.2, 0.25) is 0 Å². The van der Waals surface area contributed by atoms with Gasteiger partial charge in [-0.2, -0.15) is 29.9 Å². The normalized spacial score (nSPS) is 15.4. The number of aromatic nitrogens is 2. The minimum atomic E-state index is -4.67. The molecule has 9 heteroatoms. The van der Waals surface area contributed by atoms with Crippen LogP contribution < -0.4 is 5.32 Å². The molecule has 2 aromatic rings. The van der Waals surface area contributed by atoms with Crippen LogP contribution in [0.15, 0.2) is 28.8 Å². The number of thioether (sulfide) groups is 1. The molecule has 0 unspecified atom stereocenters. The zero-order chi connectivity index (χ0) is 15.7. The Kier molecular flexibility index (Phi) is 3.81. The highest BCUT2D eigenvalue weighted by atomic mass is 32.2. The van der Waals surface area contributed by atoms with Gasteiger partial charge in [-0.15, -0.1) is 0 Å². The molecule has 0 radical (unpaired) electrons. The van der Waals surface area contributed by atoms with E-state index in [2.05, 4.69) is 20.0 Å². The highest BCUT2D eigenvalue weighted by Crippen LogP contribution is 2.30. The number of carbonyl (C=O) groups excluding carboxylic acids is 1. The minimum Gasteiger partial charge on any atom is -0.329 e. The average molecular weight is 329 g/mol. The maximum atomic E-state index is 12.4. The monoisotopic (exact) mass is 329 g/mol. The second-order valence-electron chi connectivity index (χ2n) is 4.72. The third-order valence-corrected chi connectivity index (χ3v) is 4.36. The Labute approximate surface area is 127 Å². The first-order valence-electron chi connectivity index (χ1n) is 6.33. The van der Waals surface area contributed by atoms with Crippen LogP contribution in [0.1, 0.15) is 5.89 Å². The fourth-order valence-electron chi connectivity index (χ4n) is 1.79. The lowest BCUT2D eigenvalue weighted by Crippen LogP contribution is -2.32. The molecule has 0 bridgehead atoms. The van der Waals surface area contributed by atoms with Gasteiger partial charge in [0.25, 0.3) is 0 Å². The third kappa shape index (κ3) is 3.08. The fraction of sp³-hybridized carbons (Fsp3) is 0.308. The van der Waals surface area contributed by atoms with Crippen molar-refractivity contribution in [3.8, 4) is 11.4 Å². The summed E-state index contributed by atoms with van der Waals surface area (Å²) < 4.78 is 41.4. The number of hydrogen-bond acceptors (Lipinski definition) is 5. The molecular formula is C13H10F3N3O2S. The van der Waals surface area contributed by atoms with Crippen molar-refractivity contribution in [3.63, 3.8) is 0 Å². The van der Waals surface area contributed by atoms with E-state index in [1.54, 1.807) is 23.9 Å². The first-order valence-corrected chi connectivity index (χ1v) is 7.49. The van der Waals surface area contributed by atoms with Crippen molar-refractivity contribution in [2.45, 2.75) is 6.18 Å². The first kappa shape index (κ1) is 14.9. The molecule has 2 heterocycles. The number of hydrogen-bond donors (Lipinski definition) is 1. The molecule has 1 saturated heterocycles. The summed E-state index contributed by atoms with van der Waals surface area (Å²) in [4.78, 5) is 15.1. The summed E-state index contributed by atoms with van der Waals surface area (Å²) in [5, 5.41) is 6.05. The van der Waals surface area contributed by atoms with Crippen molar-refractivity contribution in [1.82, 2.24) is 10.1 Å². The van der Waals surface area contributed by atoms with Crippen molar-refractivity contribution in [3.05, 3.63) is 30.2 Å². The fourth-order valence-corrected chi connectivity index (χ4v) is 2.56. The molecule has 116 valence electrons. The summed E-state index contributed by atoms with van der Waals surface area (Å²) in [5.41, 5.74) is 0.946. The number of nitrogens with one attached hydrogen (secondary N) is 1. The largest absolute Gasteiger partial charge is 0.471 e. The van der Waals surface area contributed by atoms with E-state index in [-0.39, 0.29) is 17.6 Å². The van der Waals surface area contributed by atoms with Gasteiger partial charge in [-0.25, -0.2) is 0 Å². The number of amides is 1. The van der Waals surface area contributed by atoms with E-state index in [0.29, 0.717) is 11.3 Å². The smallest absolute Gasteiger partial charge is 0.329 e. The molecule has 0 aliphatic carbocycles. The van der Waals surface area contributed by atoms with Crippen molar-refractivity contribution in [2.75, 3.05) is 16.8 Å². The molecule has 1 aromatic heterocycles. The van der Waals surface area contributed by atoms with Crippen LogP contribution in [0.3, 0.4) is 0 Å². The molecule has 1 aliphatic heterocycles. The van der Waals surface area contributed by atoms with Gasteiger partial charge < -0.3 is 9.84 Å². The van der Waals surface area contributed by atoms with Gasteiger partial charge in [0.15, 0.2) is 0 Å². The lowest BCUT2D eigenvalue weighted by molar-refractivity contribution is -0.159. The zero-order valence-electron chi connectivity index (χ0n) is 11.1. The van der Waals surface area contributed by atoms with Crippen LogP contribution in [-0.2, 0) is 11.0 Å². The molecule has 1 N–H and O–H groups in total. The molecular weight excluding hydrogens is 319 g/mol. The summed E-state index contributed by atoms with van der Waals surface area (Å²) >= 11 is 1.71. The van der Waals surface area contributed by atoms with Crippen molar-refractivity contribution in [2.24, 2.45) is 5.92 Å². The van der Waals surface area contributed by atoms with E-state index in [0.717, 1.165) is 11.5 Å². The number of halogens is 3. The Morgan fingerprint density at radius 1 is 1.27 bits per heavy atom. The van der Waals surface area contributed by atoms with Crippen LogP contribution in [0.4, 0.5) is 18.9 Å². The van der Waals surface area contributed by atoms with Gasteiger partial charge in [0.1, 0.15) is 0 Å². The standard InChI is InChI=1S/C13H10F3N3O2S/c14-13(15,16)12-18-10(19-21-12)7-1-3-9(4-2-7)17-11(20)8-5-22-6-8/h1-4,8H,5-6H2,(H,17,20). The molecule has 1 aliphatic rings. The third-order valence-electron chi connectivity index (χ3n) is 3.09. The number of anilines is 1. The Morgan fingerprint density at radius 3 is 2.45 bits per heavy atom. The van der Waals surface area contributed by atoms with E-state index >= 15 is 0 Å². The predicted molar refractivity (Wildman–Crippen MR) is 74.2 cm³/mol. The predicted octanol–water partition coefficient (Wildman–Crippen LogP) is 3.06. The molecule has 0 atom stereocenters. The first-order chi connectivity index (χ1) is 10.4. The molecule has 1 amide bonds. The molecule has 0 saturated carbocycles. The van der Waals surface area contributed by atoms with Crippen LogP contribution in [0.25, 0.3) is 11.4 Å². The zero-order valence-corrected chi connectivity index (χ0v) is 11.9. The Morgan fingerprint density at radius 2 is 1.95 bits per heavy atom. The SMILES string of the molecule is O=C(Nc1ccc(-c2noc(C(F)(F)F)n2)cc1)C1CSC1. The number of nitrogens with zero attached hydrogens (tertiary/aromatic N) is 2. The minimum absolute atomic E-state index is 0.0243. The van der Waals surface area contributed by atoms with Crippen LogP contribution in [0.5, 0.6) is 0 Å². The maximum Gasteiger partial charge on any atom is 0.471 e. The second kappa shape index (κ2) is 5.64. The van der Waals surface area contributed by atoms with Crippen molar-refractivity contribution < 1.29 is 22.5 Å². The molecule has 5 nitrogen and oxygen atoms in total. The summed E-state index contributed by atoms with van der Waals surface area (Å²) in [6.45, 7) is 0. The number of benzene rings is 1. The van der Waals surface area contributed by atoms with Gasteiger partial charge >= 0.3 is 12.1 Å². The molecule has 0 spiro atoms. The number of carbonyl (C=O) groups is 1. The lowest BCUT2D eigenvalue weighted by Gasteiger charge is -2.23. The molecule has 22 heavy (non-hydrogen) atoms. The maximum absolute atomic E-state index is 12.4. The average Bonchev–Trinajstić information content (AvgIpc) is 2.86. The highest BCUT2D eigenvalue weighted by Gasteiger charge is 2.38. The van der Waals surface area contributed by atoms with Crippen LogP contribution in [0, 0.1) is 5.92 Å². The Balaban J connectivity index is 1.71. The number of rotatable bonds is 3. The van der Waals surface area contributed by atoms with Crippen LogP contribution in [-0.4, -0.2) is 27.6 Å². The summed E-state index contributed by atoms with van der Waals surface area (Å²) in [6.07, 6.45) is -4.67. The summed E-state index contributed by atoms with van der Waals surface area (Å²) in [6, 6.07) is 6.22. The number of alkyl halides is 3. The van der Waals surface area contributed by atoms with Gasteiger partial charge in [0.05, 0.1) is 5.92 Å². The highest BCUT2D eigenvalue weighted by molar-refractivity contribution is 8.00. The molecule has 3 rings (SSSR count). The van der Waals surface area contributed by atoms with Crippen molar-refractivity contribution in [1.29, 1.82) is 0 Å². The van der Waals surface area contributed by atoms with Gasteiger partial charge in [-0.1, -0.05) is 5.16 Å². The Hall–Kier alpha value is -2.03. The summed E-state index contributed by atoms with van der Waals surface area (Å²) in [5.74, 6) is 0.0598. The van der Waals surface area contributed by atoms with Gasteiger partial charge in [-0.05, 0) is 24.3 Å². The van der Waals surface area contributed by atoms with E-state index in [4.69, 9.17) is 0 Å². The van der Waals surface area contributed by atoms with E-state index in [1.165, 1.54) is 12.1 Å². The van der Waals surface area contributed by atoms with Crippen molar-refractivity contribution >= 4 is 23.4 Å². The summed E-state index contributed by atoms with van der Waals surface area (Å²) in [7, 11) is 0. The van der Waals surface area contributed by atoms with E-state index < -0.39 is 12.1 Å². The Bertz CT molecular complexity index is 681. The second-order valence-corrected chi connectivity index (χ2v) is 5.80.